The van der Waals surface area contributed by atoms with E-state index in [4.69, 9.17) is 0 Å². The fourth-order valence-corrected chi connectivity index (χ4v) is 4.44. The summed E-state index contributed by atoms with van der Waals surface area (Å²) in [6.07, 6.45) is 5.35. The molecule has 1 N–H and O–H groups in total. The third-order valence-corrected chi connectivity index (χ3v) is 6.50. The highest BCUT2D eigenvalue weighted by Gasteiger charge is 2.18. The number of anilines is 4. The van der Waals surface area contributed by atoms with Crippen molar-refractivity contribution < 1.29 is 4.79 Å². The Kier molecular flexibility index (Phi) is 7.67. The van der Waals surface area contributed by atoms with Crippen LogP contribution in [-0.4, -0.2) is 33.9 Å². The third-order valence-electron chi connectivity index (χ3n) is 5.74. The lowest BCUT2D eigenvalue weighted by Crippen LogP contribution is -2.22. The molecule has 34 heavy (non-hydrogen) atoms. The minimum Gasteiger partial charge on any atom is -0.322 e. The van der Waals surface area contributed by atoms with Gasteiger partial charge in [0.1, 0.15) is 0 Å². The summed E-state index contributed by atoms with van der Waals surface area (Å²) in [6.45, 7) is 9.26. The largest absolute Gasteiger partial charge is 0.322 e. The fraction of sp³-hybridized carbons (Fsp3) is 0.222. The van der Waals surface area contributed by atoms with Crippen LogP contribution in [0.5, 0.6) is 0 Å². The maximum absolute atomic E-state index is 13.0. The average molecular weight is 472 g/mol. The molecule has 0 saturated heterocycles. The van der Waals surface area contributed by atoms with Crippen LogP contribution in [0.1, 0.15) is 35.3 Å². The molecule has 0 saturated carbocycles. The number of nitrogens with one attached hydrogen (secondary N) is 1. The van der Waals surface area contributed by atoms with Crippen molar-refractivity contribution in [1.29, 1.82) is 0 Å². The van der Waals surface area contributed by atoms with Crippen molar-refractivity contribution in [2.75, 3.05) is 23.3 Å². The van der Waals surface area contributed by atoms with Gasteiger partial charge in [0.25, 0.3) is 5.91 Å². The van der Waals surface area contributed by atoms with Crippen LogP contribution in [0, 0.1) is 6.92 Å². The molecule has 0 aliphatic rings. The van der Waals surface area contributed by atoms with Crippen LogP contribution in [-0.2, 0) is 6.54 Å². The van der Waals surface area contributed by atoms with E-state index in [1.807, 2.05) is 73.1 Å². The first kappa shape index (κ1) is 23.6. The second kappa shape index (κ2) is 11.0. The maximum atomic E-state index is 13.0. The Balaban J connectivity index is 1.57. The number of thiazole rings is 1. The van der Waals surface area contributed by atoms with Crippen LogP contribution in [0.25, 0.3) is 0 Å². The number of nitrogens with zero attached hydrogens (tertiary/aromatic N) is 4. The third kappa shape index (κ3) is 5.50. The van der Waals surface area contributed by atoms with Crippen molar-refractivity contribution in [1.82, 2.24) is 14.9 Å². The molecule has 0 aliphatic carbocycles. The van der Waals surface area contributed by atoms with Gasteiger partial charge in [-0.1, -0.05) is 32.0 Å². The molecule has 0 radical (unpaired) electrons. The predicted octanol–water partition coefficient (Wildman–Crippen LogP) is 6.41. The van der Waals surface area contributed by atoms with Gasteiger partial charge in [-0.2, -0.15) is 0 Å². The van der Waals surface area contributed by atoms with Gasteiger partial charge in [-0.15, -0.1) is 11.3 Å². The number of amides is 1. The van der Waals surface area contributed by atoms with Crippen molar-refractivity contribution in [2.24, 2.45) is 0 Å². The quantitative estimate of drug-likeness (QED) is 0.306. The van der Waals surface area contributed by atoms with E-state index >= 15 is 0 Å². The van der Waals surface area contributed by atoms with Gasteiger partial charge in [-0.05, 0) is 67.5 Å². The summed E-state index contributed by atoms with van der Waals surface area (Å²) >= 11 is 1.55. The molecule has 0 aliphatic heterocycles. The Hall–Kier alpha value is -3.55. The number of hydrogen-bond donors (Lipinski definition) is 1. The molecule has 0 fully saturated rings. The Morgan fingerprint density at radius 2 is 1.82 bits per heavy atom. The van der Waals surface area contributed by atoms with Crippen molar-refractivity contribution in [3.63, 3.8) is 0 Å². The molecule has 0 atom stereocenters. The highest BCUT2D eigenvalue weighted by molar-refractivity contribution is 7.13. The molecule has 4 rings (SSSR count). The Morgan fingerprint density at radius 3 is 2.47 bits per heavy atom. The van der Waals surface area contributed by atoms with E-state index in [1.54, 1.807) is 23.7 Å². The SMILES string of the molecule is CCN(CC)Cc1ccc(C(=O)Nc2ccc(C)c(N(c3cccnc3)c3nccs3)c2)cc1. The van der Waals surface area contributed by atoms with E-state index in [1.165, 1.54) is 5.56 Å². The van der Waals surface area contributed by atoms with Crippen molar-refractivity contribution >= 4 is 39.4 Å². The summed E-state index contributed by atoms with van der Waals surface area (Å²) < 4.78 is 0. The maximum Gasteiger partial charge on any atom is 0.255 e. The van der Waals surface area contributed by atoms with Gasteiger partial charge in [0.2, 0.25) is 0 Å². The number of aromatic nitrogens is 2. The van der Waals surface area contributed by atoms with E-state index in [0.717, 1.165) is 47.4 Å². The summed E-state index contributed by atoms with van der Waals surface area (Å²) in [7, 11) is 0. The first-order chi connectivity index (χ1) is 16.6. The van der Waals surface area contributed by atoms with Gasteiger partial charge in [-0.3, -0.25) is 19.6 Å². The minimum atomic E-state index is -0.133. The zero-order valence-electron chi connectivity index (χ0n) is 19.7. The summed E-state index contributed by atoms with van der Waals surface area (Å²) in [5.74, 6) is -0.133. The zero-order chi connectivity index (χ0) is 23.9. The van der Waals surface area contributed by atoms with Crippen LogP contribution in [0.3, 0.4) is 0 Å². The molecular formula is C27H29N5OS. The van der Waals surface area contributed by atoms with Gasteiger partial charge in [0.05, 0.1) is 17.6 Å². The highest BCUT2D eigenvalue weighted by Crippen LogP contribution is 2.38. The van der Waals surface area contributed by atoms with Gasteiger partial charge < -0.3 is 5.32 Å². The molecule has 0 unspecified atom stereocenters. The highest BCUT2D eigenvalue weighted by atomic mass is 32.1. The lowest BCUT2D eigenvalue weighted by atomic mass is 10.1. The smallest absolute Gasteiger partial charge is 0.255 e. The zero-order valence-corrected chi connectivity index (χ0v) is 20.5. The molecule has 7 heteroatoms. The standard InChI is InChI=1S/C27H29N5OS/c1-4-31(5-2)19-21-9-11-22(12-10-21)26(33)30-23-13-8-20(3)25(17-23)32(27-29-15-16-34-27)24-7-6-14-28-18-24/h6-18H,4-5,19H2,1-3H3,(H,30,33). The first-order valence-corrected chi connectivity index (χ1v) is 12.3. The number of benzene rings is 2. The Morgan fingerprint density at radius 1 is 1.03 bits per heavy atom. The monoisotopic (exact) mass is 471 g/mol. The van der Waals surface area contributed by atoms with Gasteiger partial charge in [0.15, 0.2) is 5.13 Å². The van der Waals surface area contributed by atoms with Gasteiger partial charge in [-0.25, -0.2) is 4.98 Å². The van der Waals surface area contributed by atoms with E-state index < -0.39 is 0 Å². The Labute approximate surface area is 204 Å². The lowest BCUT2D eigenvalue weighted by molar-refractivity contribution is 0.102. The first-order valence-electron chi connectivity index (χ1n) is 11.4. The number of aryl methyl sites for hydroxylation is 1. The fourth-order valence-electron chi connectivity index (χ4n) is 3.76. The molecule has 6 nitrogen and oxygen atoms in total. The molecule has 4 aromatic rings. The van der Waals surface area contributed by atoms with E-state index in [-0.39, 0.29) is 5.91 Å². The summed E-state index contributed by atoms with van der Waals surface area (Å²) in [5, 5.41) is 5.84. The van der Waals surface area contributed by atoms with Crippen molar-refractivity contribution in [3.05, 3.63) is 95.3 Å². The second-order valence-corrected chi connectivity index (χ2v) is 8.85. The van der Waals surface area contributed by atoms with Crippen LogP contribution in [0.2, 0.25) is 0 Å². The van der Waals surface area contributed by atoms with Crippen molar-refractivity contribution in [3.8, 4) is 0 Å². The topological polar surface area (TPSA) is 61.4 Å². The van der Waals surface area contributed by atoms with E-state index in [2.05, 4.69) is 38.9 Å². The number of hydrogen-bond acceptors (Lipinski definition) is 6. The second-order valence-electron chi connectivity index (χ2n) is 7.98. The predicted molar refractivity (Wildman–Crippen MR) is 140 cm³/mol. The van der Waals surface area contributed by atoms with Gasteiger partial charge >= 0.3 is 0 Å². The Bertz CT molecular complexity index is 1210. The molecule has 2 aromatic carbocycles. The summed E-state index contributed by atoms with van der Waals surface area (Å²) in [6, 6.07) is 17.7. The molecule has 0 spiro atoms. The van der Waals surface area contributed by atoms with E-state index in [0.29, 0.717) is 5.56 Å². The van der Waals surface area contributed by atoms with Crippen molar-refractivity contribution in [2.45, 2.75) is 27.3 Å². The van der Waals surface area contributed by atoms with Crippen LogP contribution < -0.4 is 10.2 Å². The van der Waals surface area contributed by atoms with Crippen LogP contribution in [0.15, 0.2) is 78.6 Å². The molecule has 2 aromatic heterocycles. The molecule has 2 heterocycles. The number of pyridine rings is 1. The lowest BCUT2D eigenvalue weighted by Gasteiger charge is -2.24. The molecule has 174 valence electrons. The number of carbonyl (C=O) groups is 1. The number of carbonyl (C=O) groups excluding carboxylic acids is 1. The summed E-state index contributed by atoms with van der Waals surface area (Å²) in [5.41, 5.74) is 5.48. The summed E-state index contributed by atoms with van der Waals surface area (Å²) in [4.78, 5) is 26.2. The van der Waals surface area contributed by atoms with Crippen LogP contribution in [0.4, 0.5) is 22.2 Å². The molecule has 1 amide bonds. The van der Waals surface area contributed by atoms with Gasteiger partial charge in [0, 0.05) is 35.6 Å². The van der Waals surface area contributed by atoms with Crippen LogP contribution >= 0.6 is 11.3 Å². The van der Waals surface area contributed by atoms with E-state index in [9.17, 15) is 4.79 Å². The normalized spacial score (nSPS) is 10.9. The molecule has 0 bridgehead atoms. The molecular weight excluding hydrogens is 442 g/mol. The minimum absolute atomic E-state index is 0.133. The average Bonchev–Trinajstić information content (AvgIpc) is 3.40. The number of rotatable bonds is 9.